The Morgan fingerprint density at radius 2 is 1.68 bits per heavy atom. The van der Waals surface area contributed by atoms with Crippen LogP contribution in [0.1, 0.15) is 104 Å². The molecule has 3 heteroatoms. The summed E-state index contributed by atoms with van der Waals surface area (Å²) in [6, 6.07) is 2.57. The topological polar surface area (TPSA) is 50.1 Å². The molecule has 0 bridgehead atoms. The Balaban J connectivity index is 1.71. The van der Waals surface area contributed by atoms with Gasteiger partial charge < -0.3 is 4.74 Å². The maximum Gasteiger partial charge on any atom is 0.309 e. The minimum Gasteiger partial charge on any atom is -0.462 e. The zero-order chi connectivity index (χ0) is 18.1. The fourth-order valence-electron chi connectivity index (χ4n) is 4.63. The molecule has 142 valence electrons. The van der Waals surface area contributed by atoms with Crippen molar-refractivity contribution in [3.8, 4) is 6.07 Å². The molecule has 0 saturated heterocycles. The summed E-state index contributed by atoms with van der Waals surface area (Å²) >= 11 is 0. The van der Waals surface area contributed by atoms with Gasteiger partial charge in [-0.05, 0) is 63.7 Å². The van der Waals surface area contributed by atoms with Gasteiger partial charge in [-0.25, -0.2) is 0 Å². The average Bonchev–Trinajstić information content (AvgIpc) is 2.66. The zero-order valence-corrected chi connectivity index (χ0v) is 16.4. The largest absolute Gasteiger partial charge is 0.462 e. The van der Waals surface area contributed by atoms with E-state index in [2.05, 4.69) is 19.9 Å². The second-order valence-electron chi connectivity index (χ2n) is 8.49. The Kier molecular flexibility index (Phi) is 8.27. The minimum atomic E-state index is -0.156. The number of esters is 1. The van der Waals surface area contributed by atoms with Crippen LogP contribution in [0.25, 0.3) is 0 Å². The van der Waals surface area contributed by atoms with Gasteiger partial charge in [0.1, 0.15) is 6.10 Å². The zero-order valence-electron chi connectivity index (χ0n) is 16.4. The van der Waals surface area contributed by atoms with Gasteiger partial charge in [0.05, 0.1) is 17.4 Å². The van der Waals surface area contributed by atoms with Gasteiger partial charge in [-0.2, -0.15) is 5.26 Å². The number of nitrogens with zero attached hydrogens (tertiary/aromatic N) is 1. The van der Waals surface area contributed by atoms with Crippen LogP contribution in [0.4, 0.5) is 0 Å². The van der Waals surface area contributed by atoms with Crippen LogP contribution in [0, 0.1) is 28.6 Å². The summed E-state index contributed by atoms with van der Waals surface area (Å²) in [5, 5.41) is 9.57. The van der Waals surface area contributed by atoms with E-state index in [9.17, 15) is 10.1 Å². The Morgan fingerprint density at radius 1 is 1.04 bits per heavy atom. The lowest BCUT2D eigenvalue weighted by Gasteiger charge is -2.35. The molecule has 2 saturated carbocycles. The van der Waals surface area contributed by atoms with Crippen molar-refractivity contribution in [2.75, 3.05) is 0 Å². The van der Waals surface area contributed by atoms with Crippen LogP contribution in [-0.4, -0.2) is 12.1 Å². The number of hydrogen-bond acceptors (Lipinski definition) is 3. The summed E-state index contributed by atoms with van der Waals surface area (Å²) in [4.78, 5) is 12.5. The summed E-state index contributed by atoms with van der Waals surface area (Å²) in [5.41, 5.74) is -0.156. The van der Waals surface area contributed by atoms with Gasteiger partial charge in [0, 0.05) is 0 Å². The van der Waals surface area contributed by atoms with E-state index in [0.29, 0.717) is 0 Å². The van der Waals surface area contributed by atoms with Crippen LogP contribution in [0.5, 0.6) is 0 Å². The molecule has 0 N–H and O–H groups in total. The first-order chi connectivity index (χ1) is 12.1. The van der Waals surface area contributed by atoms with E-state index in [-0.39, 0.29) is 23.4 Å². The Hall–Kier alpha value is -1.04. The fourth-order valence-corrected chi connectivity index (χ4v) is 4.63. The molecule has 2 aliphatic rings. The van der Waals surface area contributed by atoms with E-state index in [4.69, 9.17) is 4.74 Å². The molecule has 2 rings (SSSR count). The van der Waals surface area contributed by atoms with E-state index in [0.717, 1.165) is 63.7 Å². The SMILES string of the molecule is CCCC[C@H]1CC[C@H](C(=O)O[C@H]2CC[C@](C#N)(CCCC)CC2)CC1. The molecule has 0 radical (unpaired) electrons. The van der Waals surface area contributed by atoms with Crippen LogP contribution < -0.4 is 0 Å². The minimum absolute atomic E-state index is 0.0388. The van der Waals surface area contributed by atoms with E-state index >= 15 is 0 Å². The van der Waals surface area contributed by atoms with Crippen LogP contribution in [0.3, 0.4) is 0 Å². The third-order valence-electron chi connectivity index (χ3n) is 6.56. The number of ether oxygens (including phenoxy) is 1. The van der Waals surface area contributed by atoms with Gasteiger partial charge in [0.25, 0.3) is 0 Å². The van der Waals surface area contributed by atoms with Crippen molar-refractivity contribution in [1.82, 2.24) is 0 Å². The second-order valence-corrected chi connectivity index (χ2v) is 8.49. The highest BCUT2D eigenvalue weighted by Crippen LogP contribution is 2.41. The second kappa shape index (κ2) is 10.2. The van der Waals surface area contributed by atoms with Gasteiger partial charge in [0.15, 0.2) is 0 Å². The van der Waals surface area contributed by atoms with Gasteiger partial charge in [-0.1, -0.05) is 46.0 Å². The highest BCUT2D eigenvalue weighted by molar-refractivity contribution is 5.72. The molecule has 0 spiro atoms. The average molecular weight is 348 g/mol. The van der Waals surface area contributed by atoms with Crippen LogP contribution in [0.2, 0.25) is 0 Å². The van der Waals surface area contributed by atoms with E-state index < -0.39 is 0 Å². The molecule has 0 unspecified atom stereocenters. The van der Waals surface area contributed by atoms with Crippen molar-refractivity contribution in [2.24, 2.45) is 17.3 Å². The van der Waals surface area contributed by atoms with Gasteiger partial charge in [0.2, 0.25) is 0 Å². The number of unbranched alkanes of at least 4 members (excludes halogenated alkanes) is 2. The van der Waals surface area contributed by atoms with Crippen molar-refractivity contribution in [3.63, 3.8) is 0 Å². The summed E-state index contributed by atoms with van der Waals surface area (Å²) in [7, 11) is 0. The molecule has 0 amide bonds. The van der Waals surface area contributed by atoms with E-state index in [1.807, 2.05) is 0 Å². The molecular weight excluding hydrogens is 310 g/mol. The standard InChI is InChI=1S/C22H37NO2/c1-3-5-7-18-8-10-19(11-9-18)21(24)25-20-12-15-22(17-23,16-13-20)14-6-4-2/h18-20H,3-16H2,1-2H3/t18-,19-,20-,22+. The quantitative estimate of drug-likeness (QED) is 0.493. The highest BCUT2D eigenvalue weighted by atomic mass is 16.5. The Labute approximate surface area is 154 Å². The first-order valence-corrected chi connectivity index (χ1v) is 10.7. The Bertz CT molecular complexity index is 437. The third kappa shape index (κ3) is 6.01. The molecule has 0 aromatic carbocycles. The Morgan fingerprint density at radius 3 is 2.24 bits per heavy atom. The maximum atomic E-state index is 12.5. The number of carbonyl (C=O) groups is 1. The van der Waals surface area contributed by atoms with Gasteiger partial charge in [-0.15, -0.1) is 0 Å². The molecule has 0 aliphatic heterocycles. The molecule has 0 aromatic heterocycles. The number of carbonyl (C=O) groups excluding carboxylic acids is 1. The molecule has 0 heterocycles. The summed E-state index contributed by atoms with van der Waals surface area (Å²) in [6.07, 6.45) is 15.2. The third-order valence-corrected chi connectivity index (χ3v) is 6.56. The molecule has 25 heavy (non-hydrogen) atoms. The molecule has 2 aliphatic carbocycles. The van der Waals surface area contributed by atoms with Crippen molar-refractivity contribution in [3.05, 3.63) is 0 Å². The van der Waals surface area contributed by atoms with Crippen molar-refractivity contribution >= 4 is 5.97 Å². The predicted molar refractivity (Wildman–Crippen MR) is 101 cm³/mol. The van der Waals surface area contributed by atoms with Crippen LogP contribution in [0.15, 0.2) is 0 Å². The van der Waals surface area contributed by atoms with Gasteiger partial charge >= 0.3 is 5.97 Å². The van der Waals surface area contributed by atoms with Crippen molar-refractivity contribution < 1.29 is 9.53 Å². The smallest absolute Gasteiger partial charge is 0.309 e. The van der Waals surface area contributed by atoms with Gasteiger partial charge in [-0.3, -0.25) is 4.79 Å². The monoisotopic (exact) mass is 347 g/mol. The fraction of sp³-hybridized carbons (Fsp3) is 0.909. The normalized spacial score (nSPS) is 32.8. The molecule has 3 nitrogen and oxygen atoms in total. The lowest BCUT2D eigenvalue weighted by Crippen LogP contribution is -2.33. The summed E-state index contributed by atoms with van der Waals surface area (Å²) in [6.45, 7) is 4.42. The van der Waals surface area contributed by atoms with Crippen molar-refractivity contribution in [2.45, 2.75) is 110 Å². The summed E-state index contributed by atoms with van der Waals surface area (Å²) < 4.78 is 5.84. The van der Waals surface area contributed by atoms with Crippen LogP contribution in [-0.2, 0) is 9.53 Å². The van der Waals surface area contributed by atoms with E-state index in [1.165, 1.54) is 32.1 Å². The lowest BCUT2D eigenvalue weighted by molar-refractivity contribution is -0.158. The number of hydrogen-bond donors (Lipinski definition) is 0. The molecule has 0 aromatic rings. The van der Waals surface area contributed by atoms with E-state index in [1.54, 1.807) is 0 Å². The number of nitriles is 1. The molecule has 0 atom stereocenters. The first kappa shape index (κ1) is 20.3. The molecular formula is C22H37NO2. The van der Waals surface area contributed by atoms with Crippen LogP contribution >= 0.6 is 0 Å². The maximum absolute atomic E-state index is 12.5. The number of rotatable bonds is 8. The summed E-state index contributed by atoms with van der Waals surface area (Å²) in [5.74, 6) is 0.992. The predicted octanol–water partition coefficient (Wildman–Crippen LogP) is 6.17. The first-order valence-electron chi connectivity index (χ1n) is 10.7. The van der Waals surface area contributed by atoms with Crippen molar-refractivity contribution in [1.29, 1.82) is 5.26 Å². The lowest BCUT2D eigenvalue weighted by atomic mass is 9.71. The highest BCUT2D eigenvalue weighted by Gasteiger charge is 2.37. The molecule has 2 fully saturated rings.